The SMILES string of the molecule is CCOc1ccc2[nH]c(=O)c(CN(CCN(C)C)C(=S)NCc3ccco3)cc2c1. The van der Waals surface area contributed by atoms with Gasteiger partial charge in [0.05, 0.1) is 26.0 Å². The molecule has 2 aromatic heterocycles. The Kier molecular flexibility index (Phi) is 7.48. The molecule has 0 amide bonds. The first-order valence-corrected chi connectivity index (χ1v) is 10.4. The summed E-state index contributed by atoms with van der Waals surface area (Å²) in [5.74, 6) is 1.58. The number of hydrogen-bond acceptors (Lipinski definition) is 5. The molecule has 8 heteroatoms. The van der Waals surface area contributed by atoms with Crippen LogP contribution in [0.3, 0.4) is 0 Å². The molecule has 0 aliphatic heterocycles. The van der Waals surface area contributed by atoms with Gasteiger partial charge in [-0.25, -0.2) is 0 Å². The topological polar surface area (TPSA) is 73.7 Å². The van der Waals surface area contributed by atoms with Gasteiger partial charge in [0, 0.05) is 29.6 Å². The molecule has 0 bridgehead atoms. The molecular weight excluding hydrogens is 400 g/mol. The van der Waals surface area contributed by atoms with Gasteiger partial charge >= 0.3 is 0 Å². The Balaban J connectivity index is 1.80. The summed E-state index contributed by atoms with van der Waals surface area (Å²) >= 11 is 5.62. The fraction of sp³-hybridized carbons (Fsp3) is 0.364. The van der Waals surface area contributed by atoms with E-state index in [1.165, 1.54) is 0 Å². The average molecular weight is 429 g/mol. The maximum atomic E-state index is 12.7. The van der Waals surface area contributed by atoms with E-state index in [0.29, 0.717) is 36.9 Å². The molecule has 0 saturated heterocycles. The minimum absolute atomic E-state index is 0.115. The minimum atomic E-state index is -0.115. The van der Waals surface area contributed by atoms with Gasteiger partial charge in [0.25, 0.3) is 5.56 Å². The Labute approximate surface area is 181 Å². The molecule has 0 radical (unpaired) electrons. The number of benzene rings is 1. The highest BCUT2D eigenvalue weighted by atomic mass is 32.1. The monoisotopic (exact) mass is 428 g/mol. The quantitative estimate of drug-likeness (QED) is 0.508. The van der Waals surface area contributed by atoms with Gasteiger partial charge in [-0.2, -0.15) is 0 Å². The summed E-state index contributed by atoms with van der Waals surface area (Å²) in [6.45, 7) is 4.94. The molecule has 0 atom stereocenters. The third-order valence-corrected chi connectivity index (χ3v) is 5.07. The van der Waals surface area contributed by atoms with Gasteiger partial charge in [0.15, 0.2) is 5.11 Å². The summed E-state index contributed by atoms with van der Waals surface area (Å²) in [5.41, 5.74) is 1.32. The molecule has 7 nitrogen and oxygen atoms in total. The number of hydrogen-bond donors (Lipinski definition) is 2. The summed E-state index contributed by atoms with van der Waals surface area (Å²) in [5, 5.41) is 4.73. The lowest BCUT2D eigenvalue weighted by Crippen LogP contribution is -2.43. The normalized spacial score (nSPS) is 11.1. The average Bonchev–Trinajstić information content (AvgIpc) is 3.23. The molecule has 0 unspecified atom stereocenters. The van der Waals surface area contributed by atoms with E-state index in [0.717, 1.165) is 29.0 Å². The molecule has 160 valence electrons. The zero-order valence-electron chi connectivity index (χ0n) is 17.6. The summed E-state index contributed by atoms with van der Waals surface area (Å²) in [6.07, 6.45) is 1.63. The number of H-pyrrole nitrogens is 1. The summed E-state index contributed by atoms with van der Waals surface area (Å²) in [4.78, 5) is 19.7. The summed E-state index contributed by atoms with van der Waals surface area (Å²) in [6, 6.07) is 11.3. The van der Waals surface area contributed by atoms with Crippen molar-refractivity contribution < 1.29 is 9.15 Å². The highest BCUT2D eigenvalue weighted by Gasteiger charge is 2.14. The maximum Gasteiger partial charge on any atom is 0.253 e. The Morgan fingerprint density at radius 1 is 1.23 bits per heavy atom. The number of aromatic nitrogens is 1. The van der Waals surface area contributed by atoms with Crippen LogP contribution in [-0.4, -0.2) is 53.7 Å². The van der Waals surface area contributed by atoms with Crippen molar-refractivity contribution in [2.45, 2.75) is 20.0 Å². The molecule has 0 fully saturated rings. The van der Waals surface area contributed by atoms with E-state index < -0.39 is 0 Å². The van der Waals surface area contributed by atoms with Crippen LogP contribution in [0.25, 0.3) is 10.9 Å². The Bertz CT molecular complexity index is 1030. The van der Waals surface area contributed by atoms with Crippen molar-refractivity contribution in [3.8, 4) is 5.75 Å². The third-order valence-electron chi connectivity index (χ3n) is 4.66. The van der Waals surface area contributed by atoms with E-state index >= 15 is 0 Å². The van der Waals surface area contributed by atoms with Crippen molar-refractivity contribution in [1.29, 1.82) is 0 Å². The molecule has 2 heterocycles. The van der Waals surface area contributed by atoms with E-state index in [1.807, 2.05) is 62.3 Å². The molecule has 3 rings (SSSR count). The van der Waals surface area contributed by atoms with Gasteiger partial charge in [-0.3, -0.25) is 4.79 Å². The second-order valence-electron chi connectivity index (χ2n) is 7.27. The predicted molar refractivity (Wildman–Crippen MR) is 123 cm³/mol. The smallest absolute Gasteiger partial charge is 0.253 e. The first kappa shape index (κ1) is 21.9. The van der Waals surface area contributed by atoms with Crippen molar-refractivity contribution in [3.63, 3.8) is 0 Å². The molecule has 0 aliphatic rings. The highest BCUT2D eigenvalue weighted by molar-refractivity contribution is 7.80. The van der Waals surface area contributed by atoms with Crippen molar-refractivity contribution in [3.05, 3.63) is 64.3 Å². The van der Waals surface area contributed by atoms with Crippen molar-refractivity contribution >= 4 is 28.2 Å². The van der Waals surface area contributed by atoms with Gasteiger partial charge in [-0.15, -0.1) is 0 Å². The van der Waals surface area contributed by atoms with Crippen LogP contribution >= 0.6 is 12.2 Å². The lowest BCUT2D eigenvalue weighted by molar-refractivity contribution is 0.321. The van der Waals surface area contributed by atoms with Crippen LogP contribution in [0.4, 0.5) is 0 Å². The first-order valence-electron chi connectivity index (χ1n) is 9.95. The predicted octanol–water partition coefficient (Wildman–Crippen LogP) is 2.96. The lowest BCUT2D eigenvalue weighted by atomic mass is 10.1. The number of nitrogens with zero attached hydrogens (tertiary/aromatic N) is 2. The molecular formula is C22H28N4O3S. The fourth-order valence-corrected chi connectivity index (χ4v) is 3.30. The number of rotatable bonds is 9. The lowest BCUT2D eigenvalue weighted by Gasteiger charge is -2.27. The van der Waals surface area contributed by atoms with Crippen LogP contribution in [0.15, 0.2) is 51.9 Å². The van der Waals surface area contributed by atoms with Crippen LogP contribution in [0.5, 0.6) is 5.75 Å². The van der Waals surface area contributed by atoms with E-state index in [9.17, 15) is 4.79 Å². The van der Waals surface area contributed by atoms with Crippen molar-refractivity contribution in [2.75, 3.05) is 33.8 Å². The molecule has 3 aromatic rings. The van der Waals surface area contributed by atoms with Gasteiger partial charge in [-0.1, -0.05) is 0 Å². The van der Waals surface area contributed by atoms with Crippen LogP contribution in [0.1, 0.15) is 18.2 Å². The Morgan fingerprint density at radius 3 is 2.77 bits per heavy atom. The molecule has 2 N–H and O–H groups in total. The number of furan rings is 1. The number of nitrogens with one attached hydrogen (secondary N) is 2. The molecule has 0 spiro atoms. The zero-order chi connectivity index (χ0) is 21.5. The molecule has 0 aliphatic carbocycles. The van der Waals surface area contributed by atoms with E-state index in [2.05, 4.69) is 15.2 Å². The Morgan fingerprint density at radius 2 is 2.07 bits per heavy atom. The van der Waals surface area contributed by atoms with E-state index in [1.54, 1.807) is 6.26 Å². The van der Waals surface area contributed by atoms with Crippen molar-refractivity contribution in [2.24, 2.45) is 0 Å². The van der Waals surface area contributed by atoms with Gasteiger partial charge < -0.3 is 29.3 Å². The van der Waals surface area contributed by atoms with Crippen molar-refractivity contribution in [1.82, 2.24) is 20.1 Å². The molecule has 0 saturated carbocycles. The van der Waals surface area contributed by atoms with Gasteiger partial charge in [-0.05, 0) is 69.6 Å². The number of pyridine rings is 1. The minimum Gasteiger partial charge on any atom is -0.494 e. The van der Waals surface area contributed by atoms with E-state index in [-0.39, 0.29) is 5.56 Å². The Hall–Kier alpha value is -2.84. The fourth-order valence-electron chi connectivity index (χ4n) is 3.07. The summed E-state index contributed by atoms with van der Waals surface area (Å²) in [7, 11) is 4.02. The number of ether oxygens (including phenoxy) is 1. The molecule has 30 heavy (non-hydrogen) atoms. The molecule has 1 aromatic carbocycles. The summed E-state index contributed by atoms with van der Waals surface area (Å²) < 4.78 is 11.0. The largest absolute Gasteiger partial charge is 0.494 e. The van der Waals surface area contributed by atoms with E-state index in [4.69, 9.17) is 21.4 Å². The number of fused-ring (bicyclic) bond motifs is 1. The number of aromatic amines is 1. The number of thiocarbonyl (C=S) groups is 1. The standard InChI is InChI=1S/C22H28N4O3S/c1-4-28-18-7-8-20-16(13-18)12-17(21(27)24-20)15-26(10-9-25(2)3)22(30)23-14-19-6-5-11-29-19/h5-8,11-13H,4,9-10,14-15H2,1-3H3,(H,23,30)(H,24,27). The van der Waals surface area contributed by atoms with Crippen LogP contribution < -0.4 is 15.6 Å². The third kappa shape index (κ3) is 5.84. The second-order valence-corrected chi connectivity index (χ2v) is 7.66. The van der Waals surface area contributed by atoms with Crippen LogP contribution in [0, 0.1) is 0 Å². The highest BCUT2D eigenvalue weighted by Crippen LogP contribution is 2.19. The maximum absolute atomic E-state index is 12.7. The zero-order valence-corrected chi connectivity index (χ0v) is 18.4. The second kappa shape index (κ2) is 10.3. The van der Waals surface area contributed by atoms with Crippen LogP contribution in [-0.2, 0) is 13.1 Å². The first-order chi connectivity index (χ1) is 14.5. The van der Waals surface area contributed by atoms with Crippen LogP contribution in [0.2, 0.25) is 0 Å². The van der Waals surface area contributed by atoms with Gasteiger partial charge in [0.2, 0.25) is 0 Å². The number of likely N-dealkylation sites (N-methyl/N-ethyl adjacent to an activating group) is 1. The van der Waals surface area contributed by atoms with Gasteiger partial charge in [0.1, 0.15) is 11.5 Å².